The molecule has 0 saturated heterocycles. The van der Waals surface area contributed by atoms with Crippen molar-refractivity contribution in [2.75, 3.05) is 18.6 Å². The Morgan fingerprint density at radius 3 is 2.38 bits per heavy atom. The maximum Gasteiger partial charge on any atom is 0.167 e. The average Bonchev–Trinajstić information content (AvgIpc) is 2.82. The van der Waals surface area contributed by atoms with Crippen molar-refractivity contribution in [3.63, 3.8) is 0 Å². The van der Waals surface area contributed by atoms with Crippen molar-refractivity contribution in [2.45, 2.75) is 13.1 Å². The monoisotopic (exact) mass is 303 g/mol. The molecule has 0 aliphatic rings. The van der Waals surface area contributed by atoms with Crippen LogP contribution in [0.15, 0.2) is 46.9 Å². The fourth-order valence-corrected chi connectivity index (χ4v) is 2.64. The standard InChI is InChI=1S/C15H18BNO3S/c1-21(18,19)10-9-17(11-13-5-3-2-4-6-13)12-14-7-8-15(16)20-14/h2-8H,9-12H2,1H3. The van der Waals surface area contributed by atoms with E-state index in [-0.39, 0.29) is 5.75 Å². The van der Waals surface area contributed by atoms with Crippen LogP contribution < -0.4 is 5.66 Å². The fourth-order valence-electron chi connectivity index (χ4n) is 2.05. The molecule has 0 bridgehead atoms. The van der Waals surface area contributed by atoms with Gasteiger partial charge < -0.3 is 4.42 Å². The van der Waals surface area contributed by atoms with Crippen LogP contribution in [0.1, 0.15) is 11.3 Å². The van der Waals surface area contributed by atoms with Gasteiger partial charge in [0, 0.05) is 25.0 Å². The van der Waals surface area contributed by atoms with E-state index >= 15 is 0 Å². The number of hydrogen-bond donors (Lipinski definition) is 0. The number of sulfone groups is 1. The molecule has 0 fully saturated rings. The molecule has 0 saturated carbocycles. The van der Waals surface area contributed by atoms with E-state index in [0.717, 1.165) is 11.3 Å². The highest BCUT2D eigenvalue weighted by molar-refractivity contribution is 7.90. The number of furan rings is 1. The van der Waals surface area contributed by atoms with Crippen LogP contribution in [0, 0.1) is 0 Å². The minimum atomic E-state index is -3.00. The Morgan fingerprint density at radius 2 is 1.81 bits per heavy atom. The summed E-state index contributed by atoms with van der Waals surface area (Å²) >= 11 is 0. The molecule has 1 aromatic heterocycles. The first-order valence-corrected chi connectivity index (χ1v) is 8.76. The molecule has 21 heavy (non-hydrogen) atoms. The zero-order chi connectivity index (χ0) is 15.3. The molecule has 0 atom stereocenters. The van der Waals surface area contributed by atoms with E-state index in [9.17, 15) is 8.42 Å². The number of nitrogens with zero attached hydrogens (tertiary/aromatic N) is 1. The topological polar surface area (TPSA) is 50.5 Å². The lowest BCUT2D eigenvalue weighted by Gasteiger charge is -2.21. The zero-order valence-electron chi connectivity index (χ0n) is 12.0. The highest BCUT2D eigenvalue weighted by Crippen LogP contribution is 2.10. The molecule has 4 nitrogen and oxygen atoms in total. The Balaban J connectivity index is 2.06. The third-order valence-electron chi connectivity index (χ3n) is 3.09. The van der Waals surface area contributed by atoms with Crippen LogP contribution in [-0.2, 0) is 22.9 Å². The normalized spacial score (nSPS) is 11.9. The molecule has 1 heterocycles. The Labute approximate surface area is 127 Å². The van der Waals surface area contributed by atoms with Crippen molar-refractivity contribution in [2.24, 2.45) is 0 Å². The summed E-state index contributed by atoms with van der Waals surface area (Å²) < 4.78 is 28.1. The first-order valence-electron chi connectivity index (χ1n) is 6.70. The van der Waals surface area contributed by atoms with Crippen molar-refractivity contribution in [1.82, 2.24) is 4.90 Å². The molecule has 0 aliphatic heterocycles. The van der Waals surface area contributed by atoms with Crippen molar-refractivity contribution >= 4 is 23.3 Å². The lowest BCUT2D eigenvalue weighted by Crippen LogP contribution is -2.28. The first kappa shape index (κ1) is 15.9. The summed E-state index contributed by atoms with van der Waals surface area (Å²) in [7, 11) is 2.57. The molecular formula is C15H18BNO3S. The van der Waals surface area contributed by atoms with Crippen LogP contribution in [0.25, 0.3) is 0 Å². The second-order valence-corrected chi connectivity index (χ2v) is 7.39. The summed E-state index contributed by atoms with van der Waals surface area (Å²) in [6, 6.07) is 13.4. The Hall–Kier alpha value is -1.53. The minimum absolute atomic E-state index is 0.121. The van der Waals surface area contributed by atoms with E-state index in [1.165, 1.54) is 6.26 Å². The predicted octanol–water partition coefficient (Wildman–Crippen LogP) is 1.12. The molecular weight excluding hydrogens is 285 g/mol. The molecule has 2 aromatic rings. The minimum Gasteiger partial charge on any atom is -0.476 e. The summed E-state index contributed by atoms with van der Waals surface area (Å²) in [6.07, 6.45) is 1.25. The third kappa shape index (κ3) is 5.77. The predicted molar refractivity (Wildman–Crippen MR) is 84.4 cm³/mol. The summed E-state index contributed by atoms with van der Waals surface area (Å²) in [6.45, 7) is 1.65. The molecule has 1 aromatic carbocycles. The van der Waals surface area contributed by atoms with Gasteiger partial charge in [-0.15, -0.1) is 0 Å². The second kappa shape index (κ2) is 6.96. The van der Waals surface area contributed by atoms with Crippen LogP contribution in [-0.4, -0.2) is 39.7 Å². The molecule has 0 spiro atoms. The van der Waals surface area contributed by atoms with E-state index in [4.69, 9.17) is 12.3 Å². The van der Waals surface area contributed by atoms with Gasteiger partial charge in [-0.2, -0.15) is 0 Å². The summed E-state index contributed by atoms with van der Waals surface area (Å²) in [5, 5.41) is 0. The van der Waals surface area contributed by atoms with Crippen LogP contribution >= 0.6 is 0 Å². The van der Waals surface area contributed by atoms with Crippen LogP contribution in [0.4, 0.5) is 0 Å². The molecule has 2 rings (SSSR count). The number of rotatable bonds is 7. The van der Waals surface area contributed by atoms with Gasteiger partial charge in [0.05, 0.1) is 12.3 Å². The molecule has 0 aliphatic carbocycles. The maximum absolute atomic E-state index is 11.4. The van der Waals surface area contributed by atoms with Crippen molar-refractivity contribution in [3.8, 4) is 0 Å². The maximum atomic E-state index is 11.4. The highest BCUT2D eigenvalue weighted by atomic mass is 32.2. The van der Waals surface area contributed by atoms with Gasteiger partial charge in [-0.3, -0.25) is 4.90 Å². The molecule has 0 unspecified atom stereocenters. The number of hydrogen-bond acceptors (Lipinski definition) is 4. The first-order chi connectivity index (χ1) is 9.92. The van der Waals surface area contributed by atoms with Gasteiger partial charge in [0.25, 0.3) is 0 Å². The average molecular weight is 303 g/mol. The SMILES string of the molecule is [B]c1ccc(CN(CCS(C)(=O)=O)Cc2ccccc2)o1. The summed E-state index contributed by atoms with van der Waals surface area (Å²) in [4.78, 5) is 2.04. The zero-order valence-corrected chi connectivity index (χ0v) is 12.8. The third-order valence-corrected chi connectivity index (χ3v) is 4.01. The smallest absolute Gasteiger partial charge is 0.167 e. The largest absolute Gasteiger partial charge is 0.476 e. The Bertz CT molecular complexity index is 667. The van der Waals surface area contributed by atoms with Crippen LogP contribution in [0.5, 0.6) is 0 Å². The molecule has 6 heteroatoms. The second-order valence-electron chi connectivity index (χ2n) is 5.13. The van der Waals surface area contributed by atoms with E-state index in [1.54, 1.807) is 6.07 Å². The quantitative estimate of drug-likeness (QED) is 0.719. The molecule has 2 radical (unpaired) electrons. The van der Waals surface area contributed by atoms with Crippen molar-refractivity contribution in [3.05, 3.63) is 53.8 Å². The van der Waals surface area contributed by atoms with E-state index in [1.807, 2.05) is 41.3 Å². The molecule has 110 valence electrons. The van der Waals surface area contributed by atoms with Gasteiger partial charge in [-0.25, -0.2) is 8.42 Å². The fraction of sp³-hybridized carbons (Fsp3) is 0.333. The van der Waals surface area contributed by atoms with Crippen molar-refractivity contribution < 1.29 is 12.8 Å². The van der Waals surface area contributed by atoms with Gasteiger partial charge in [0.1, 0.15) is 15.6 Å². The molecule has 0 N–H and O–H groups in total. The van der Waals surface area contributed by atoms with E-state index in [0.29, 0.717) is 25.3 Å². The lowest BCUT2D eigenvalue weighted by atomic mass is 10.1. The van der Waals surface area contributed by atoms with E-state index in [2.05, 4.69) is 0 Å². The Kier molecular flexibility index (Phi) is 5.25. The number of benzene rings is 1. The van der Waals surface area contributed by atoms with Gasteiger partial charge in [0.2, 0.25) is 0 Å². The summed E-state index contributed by atoms with van der Waals surface area (Å²) in [5.74, 6) is 0.854. The van der Waals surface area contributed by atoms with E-state index < -0.39 is 9.84 Å². The lowest BCUT2D eigenvalue weighted by molar-refractivity contribution is 0.250. The highest BCUT2D eigenvalue weighted by Gasteiger charge is 2.12. The molecule has 0 amide bonds. The van der Waals surface area contributed by atoms with Gasteiger partial charge in [-0.05, 0) is 17.7 Å². The van der Waals surface area contributed by atoms with Crippen molar-refractivity contribution in [1.29, 1.82) is 0 Å². The van der Waals surface area contributed by atoms with Crippen LogP contribution in [0.3, 0.4) is 0 Å². The Morgan fingerprint density at radius 1 is 1.10 bits per heavy atom. The van der Waals surface area contributed by atoms with Crippen LogP contribution in [0.2, 0.25) is 0 Å². The van der Waals surface area contributed by atoms with Gasteiger partial charge >= 0.3 is 0 Å². The summed E-state index contributed by atoms with van der Waals surface area (Å²) in [5.41, 5.74) is 1.50. The van der Waals surface area contributed by atoms with Gasteiger partial charge in [0.15, 0.2) is 7.85 Å². The van der Waals surface area contributed by atoms with Gasteiger partial charge in [-0.1, -0.05) is 30.3 Å².